The third-order valence-corrected chi connectivity index (χ3v) is 7.52. The lowest BCUT2D eigenvalue weighted by molar-refractivity contribution is -0.0190. The van der Waals surface area contributed by atoms with Crippen molar-refractivity contribution in [3.8, 4) is 0 Å². The molecule has 4 aromatic heterocycles. The van der Waals surface area contributed by atoms with Crippen LogP contribution in [0.15, 0.2) is 30.0 Å². The highest BCUT2D eigenvalue weighted by Crippen LogP contribution is 2.44. The standard InChI is InChI=1S/C19H22N8O7P2S/c28-19-16-18(22-9-23-19)27(10-24-16)15-2-1-12(34-15)6-33-36(30,37)32-4-3-26-14(7-31-11-35-29)25-13-5-20-8-21-17(13)26/h5,8-10,12,15H,1-4,6-7,11H2,(H,30,37)(H,22,23,28). The van der Waals surface area contributed by atoms with E-state index >= 15 is 0 Å². The van der Waals surface area contributed by atoms with Gasteiger partial charge in [0.15, 0.2) is 25.3 Å². The zero-order valence-electron chi connectivity index (χ0n) is 19.2. The molecular formula is C19H22N8O7P2S. The number of rotatable bonds is 12. The van der Waals surface area contributed by atoms with Gasteiger partial charge in [0.2, 0.25) is 0 Å². The van der Waals surface area contributed by atoms with Crippen molar-refractivity contribution in [2.75, 3.05) is 19.6 Å². The summed E-state index contributed by atoms with van der Waals surface area (Å²) in [6.45, 7) is -3.09. The summed E-state index contributed by atoms with van der Waals surface area (Å²) in [7, 11) is -0.129. The van der Waals surface area contributed by atoms with Crippen molar-refractivity contribution >= 4 is 49.3 Å². The molecule has 1 aliphatic rings. The number of aromatic nitrogens is 8. The predicted molar refractivity (Wildman–Crippen MR) is 132 cm³/mol. The summed E-state index contributed by atoms with van der Waals surface area (Å²) in [4.78, 5) is 45.8. The quantitative estimate of drug-likeness (QED) is 0.186. The summed E-state index contributed by atoms with van der Waals surface area (Å²) in [6, 6.07) is 0. The number of nitrogens with zero attached hydrogens (tertiary/aromatic N) is 7. The Balaban J connectivity index is 1.14. The molecule has 196 valence electrons. The van der Waals surface area contributed by atoms with Crippen molar-refractivity contribution < 1.29 is 28.0 Å². The summed E-state index contributed by atoms with van der Waals surface area (Å²) >= 11 is 5.17. The Morgan fingerprint density at radius 2 is 2.16 bits per heavy atom. The first-order valence-corrected chi connectivity index (χ1v) is 14.7. The van der Waals surface area contributed by atoms with Crippen molar-refractivity contribution in [3.63, 3.8) is 0 Å². The van der Waals surface area contributed by atoms with E-state index in [0.717, 1.165) is 0 Å². The van der Waals surface area contributed by atoms with Crippen LogP contribution in [0.1, 0.15) is 24.9 Å². The van der Waals surface area contributed by atoms with Gasteiger partial charge >= 0.3 is 6.72 Å². The monoisotopic (exact) mass is 568 g/mol. The fraction of sp³-hybridized carbons (Fsp3) is 0.474. The second-order valence-corrected chi connectivity index (χ2v) is 11.3. The highest BCUT2D eigenvalue weighted by Gasteiger charge is 2.30. The average molecular weight is 568 g/mol. The van der Waals surface area contributed by atoms with E-state index in [1.807, 2.05) is 0 Å². The third kappa shape index (κ3) is 5.97. The number of fused-ring (bicyclic) bond motifs is 2. The normalized spacial score (nSPS) is 19.7. The first kappa shape index (κ1) is 26.1. The molecule has 18 heteroatoms. The predicted octanol–water partition coefficient (Wildman–Crippen LogP) is 1.65. The smallest absolute Gasteiger partial charge is 0.324 e. The zero-order chi connectivity index (χ0) is 25.8. The van der Waals surface area contributed by atoms with Crippen molar-refractivity contribution in [2.24, 2.45) is 0 Å². The molecule has 4 aromatic rings. The Labute approximate surface area is 215 Å². The van der Waals surface area contributed by atoms with Crippen LogP contribution in [0.2, 0.25) is 0 Å². The van der Waals surface area contributed by atoms with Gasteiger partial charge in [0.05, 0.1) is 38.2 Å². The van der Waals surface area contributed by atoms with Gasteiger partial charge < -0.3 is 33.0 Å². The van der Waals surface area contributed by atoms with Gasteiger partial charge in [-0.25, -0.2) is 24.9 Å². The van der Waals surface area contributed by atoms with Crippen LogP contribution >= 0.6 is 15.2 Å². The fourth-order valence-electron chi connectivity index (χ4n) is 3.99. The van der Waals surface area contributed by atoms with Crippen LogP contribution in [0.3, 0.4) is 0 Å². The van der Waals surface area contributed by atoms with Crippen LogP contribution in [0.4, 0.5) is 0 Å². The van der Waals surface area contributed by atoms with Gasteiger partial charge in [-0.3, -0.25) is 13.9 Å². The molecule has 5 rings (SSSR count). The lowest BCUT2D eigenvalue weighted by Crippen LogP contribution is -2.17. The molecule has 0 amide bonds. The summed E-state index contributed by atoms with van der Waals surface area (Å²) in [5.41, 5.74) is 1.48. The minimum Gasteiger partial charge on any atom is -0.361 e. The molecule has 0 aromatic carbocycles. The number of H-pyrrole nitrogens is 1. The highest BCUT2D eigenvalue weighted by atomic mass is 32.5. The Morgan fingerprint density at radius 3 is 3.03 bits per heavy atom. The third-order valence-electron chi connectivity index (χ3n) is 5.62. The average Bonchev–Trinajstić information content (AvgIpc) is 3.61. The molecule has 0 aliphatic carbocycles. The van der Waals surface area contributed by atoms with Crippen molar-refractivity contribution in [3.05, 3.63) is 41.4 Å². The van der Waals surface area contributed by atoms with Crippen LogP contribution < -0.4 is 5.56 Å². The largest absolute Gasteiger partial charge is 0.361 e. The zero-order valence-corrected chi connectivity index (χ0v) is 21.8. The maximum Gasteiger partial charge on any atom is 0.324 e. The second kappa shape index (κ2) is 11.5. The lowest BCUT2D eigenvalue weighted by atomic mass is 10.2. The van der Waals surface area contributed by atoms with Crippen molar-refractivity contribution in [2.45, 2.75) is 38.3 Å². The van der Waals surface area contributed by atoms with Crippen LogP contribution in [0, 0.1) is 0 Å². The number of ether oxygens (including phenoxy) is 2. The molecule has 0 radical (unpaired) electrons. The van der Waals surface area contributed by atoms with Gasteiger partial charge in [-0.2, -0.15) is 0 Å². The Hall–Kier alpha value is -2.55. The number of hydrogen-bond acceptors (Lipinski definition) is 12. The molecule has 0 spiro atoms. The molecule has 5 heterocycles. The van der Waals surface area contributed by atoms with Gasteiger partial charge in [-0.1, -0.05) is 0 Å². The van der Waals surface area contributed by atoms with E-state index < -0.39 is 6.72 Å². The topological polar surface area (TPSA) is 181 Å². The van der Waals surface area contributed by atoms with E-state index in [4.69, 9.17) is 30.3 Å². The van der Waals surface area contributed by atoms with E-state index in [1.165, 1.54) is 19.0 Å². The Kier molecular flexibility index (Phi) is 8.07. The number of hydrogen-bond donors (Lipinski definition) is 2. The van der Waals surface area contributed by atoms with E-state index in [9.17, 15) is 14.3 Å². The van der Waals surface area contributed by atoms with Crippen LogP contribution in [-0.2, 0) is 48.0 Å². The van der Waals surface area contributed by atoms with Gasteiger partial charge in [0, 0.05) is 6.54 Å². The maximum atomic E-state index is 11.9. The molecule has 3 unspecified atom stereocenters. The summed E-state index contributed by atoms with van der Waals surface area (Å²) in [6.07, 6.45) is 6.44. The Bertz CT molecular complexity index is 1510. The fourth-order valence-corrected chi connectivity index (χ4v) is 5.31. The van der Waals surface area contributed by atoms with Gasteiger partial charge in [0.25, 0.3) is 5.56 Å². The molecular weight excluding hydrogens is 546 g/mol. The maximum absolute atomic E-state index is 11.9. The molecule has 1 fully saturated rings. The van der Waals surface area contributed by atoms with E-state index in [-0.39, 0.29) is 64.6 Å². The summed E-state index contributed by atoms with van der Waals surface area (Å²) in [5.74, 6) is 0.545. The highest BCUT2D eigenvalue weighted by molar-refractivity contribution is 8.07. The molecule has 2 N–H and O–H groups in total. The van der Waals surface area contributed by atoms with Crippen LogP contribution in [-0.4, -0.2) is 69.6 Å². The molecule has 0 bridgehead atoms. The first-order chi connectivity index (χ1) is 17.9. The minimum absolute atomic E-state index is 0.0332. The summed E-state index contributed by atoms with van der Waals surface area (Å²) < 4.78 is 36.5. The SMILES string of the molecule is O=PCOCc1nc2cncnc2n1CCOP(O)(=S)OCC1CCC(n2cnc3c(=O)[nH]cnc32)O1. The van der Waals surface area contributed by atoms with E-state index in [0.29, 0.717) is 35.5 Å². The van der Waals surface area contributed by atoms with Gasteiger partial charge in [-0.15, -0.1) is 0 Å². The Morgan fingerprint density at radius 1 is 1.27 bits per heavy atom. The molecule has 1 aliphatic heterocycles. The lowest BCUT2D eigenvalue weighted by Gasteiger charge is -2.19. The minimum atomic E-state index is -3.55. The van der Waals surface area contributed by atoms with Crippen LogP contribution in [0.5, 0.6) is 0 Å². The van der Waals surface area contributed by atoms with Crippen molar-refractivity contribution in [1.29, 1.82) is 0 Å². The van der Waals surface area contributed by atoms with Gasteiger partial charge in [-0.05, 0) is 24.6 Å². The van der Waals surface area contributed by atoms with Crippen molar-refractivity contribution in [1.82, 2.24) is 39.0 Å². The number of imidazole rings is 2. The number of nitrogens with one attached hydrogen (secondary N) is 1. The van der Waals surface area contributed by atoms with Crippen LogP contribution in [0.25, 0.3) is 22.3 Å². The number of aromatic amines is 1. The molecule has 15 nitrogen and oxygen atoms in total. The summed E-state index contributed by atoms with van der Waals surface area (Å²) in [5, 5.41) is 0. The molecule has 1 saturated heterocycles. The van der Waals surface area contributed by atoms with Gasteiger partial charge in [0.1, 0.15) is 36.9 Å². The van der Waals surface area contributed by atoms with E-state index in [2.05, 4.69) is 29.9 Å². The molecule has 0 saturated carbocycles. The molecule has 3 atom stereocenters. The second-order valence-electron chi connectivity index (χ2n) is 7.96. The van der Waals surface area contributed by atoms with E-state index in [1.54, 1.807) is 15.3 Å². The first-order valence-electron chi connectivity index (χ1n) is 11.1. The molecule has 37 heavy (non-hydrogen) atoms.